The largest absolute Gasteiger partial charge is 0.487 e. The summed E-state index contributed by atoms with van der Waals surface area (Å²) in [6, 6.07) is 12.0. The fourth-order valence-electron chi connectivity index (χ4n) is 4.38. The van der Waals surface area contributed by atoms with Gasteiger partial charge in [0.2, 0.25) is 0 Å². The highest BCUT2D eigenvalue weighted by Gasteiger charge is 2.43. The average molecular weight is 366 g/mol. The minimum atomic E-state index is -0.0681. The van der Waals surface area contributed by atoms with E-state index in [4.69, 9.17) is 16.3 Å². The minimum absolute atomic E-state index is 0.0681. The molecule has 4 nitrogen and oxygen atoms in total. The van der Waals surface area contributed by atoms with Crippen LogP contribution in [0.5, 0.6) is 5.75 Å². The van der Waals surface area contributed by atoms with Gasteiger partial charge in [0.25, 0.3) is 0 Å². The lowest BCUT2D eigenvalue weighted by Gasteiger charge is -2.40. The number of hydrogen-bond acceptors (Lipinski definition) is 4. The molecule has 5 rings (SSSR count). The van der Waals surface area contributed by atoms with E-state index >= 15 is 0 Å². The van der Waals surface area contributed by atoms with Gasteiger partial charge < -0.3 is 10.1 Å². The molecule has 1 spiro atoms. The van der Waals surface area contributed by atoms with E-state index in [1.54, 1.807) is 6.20 Å². The van der Waals surface area contributed by atoms with E-state index in [1.165, 1.54) is 12.8 Å². The second-order valence-electron chi connectivity index (χ2n) is 7.31. The third-order valence-electron chi connectivity index (χ3n) is 5.61. The zero-order valence-electron chi connectivity index (χ0n) is 14.4. The smallest absolute Gasteiger partial charge is 0.135 e. The number of pyridine rings is 2. The summed E-state index contributed by atoms with van der Waals surface area (Å²) in [7, 11) is 0. The summed E-state index contributed by atoms with van der Waals surface area (Å²) in [5.74, 6) is 1.81. The monoisotopic (exact) mass is 365 g/mol. The van der Waals surface area contributed by atoms with Crippen molar-refractivity contribution in [3.63, 3.8) is 0 Å². The van der Waals surface area contributed by atoms with Crippen molar-refractivity contribution in [1.29, 1.82) is 0 Å². The predicted octanol–water partition coefficient (Wildman–Crippen LogP) is 5.53. The number of rotatable bonds is 2. The van der Waals surface area contributed by atoms with Gasteiger partial charge in [-0.05, 0) is 62.1 Å². The van der Waals surface area contributed by atoms with Crippen molar-refractivity contribution in [3.05, 3.63) is 59.4 Å². The van der Waals surface area contributed by atoms with Crippen LogP contribution in [0.2, 0.25) is 5.02 Å². The molecule has 1 aliphatic heterocycles. The number of fused-ring (bicyclic) bond motifs is 2. The molecule has 1 N–H and O–H groups in total. The van der Waals surface area contributed by atoms with Crippen LogP contribution >= 0.6 is 11.6 Å². The van der Waals surface area contributed by atoms with E-state index in [-0.39, 0.29) is 11.6 Å². The molecule has 2 aromatic heterocycles. The summed E-state index contributed by atoms with van der Waals surface area (Å²) in [5.41, 5.74) is 1.98. The van der Waals surface area contributed by atoms with Gasteiger partial charge >= 0.3 is 0 Å². The standard InChI is InChI=1S/C21H20ClN3O/c22-14-5-6-19-16(12-14)18(13-21(26-19)8-1-2-9-21)25-20-15-4-3-10-23-17(15)7-11-24-20/h3-7,10-12,18H,1-2,8-9,13H2,(H,24,25)/t18-/m0/s1. The molecule has 3 heterocycles. The highest BCUT2D eigenvalue weighted by atomic mass is 35.5. The number of halogens is 1. The number of hydrogen-bond donors (Lipinski definition) is 1. The van der Waals surface area contributed by atoms with Gasteiger partial charge in [0.1, 0.15) is 17.2 Å². The molecule has 26 heavy (non-hydrogen) atoms. The van der Waals surface area contributed by atoms with E-state index in [0.717, 1.165) is 52.3 Å². The zero-order chi connectivity index (χ0) is 17.6. The first kappa shape index (κ1) is 15.9. The molecule has 0 unspecified atom stereocenters. The molecule has 0 radical (unpaired) electrons. The molecular weight excluding hydrogens is 346 g/mol. The molecule has 5 heteroatoms. The lowest BCUT2D eigenvalue weighted by molar-refractivity contribution is 0.0453. The Bertz CT molecular complexity index is 963. The summed E-state index contributed by atoms with van der Waals surface area (Å²) in [4.78, 5) is 9.02. The van der Waals surface area contributed by atoms with Crippen LogP contribution in [0.3, 0.4) is 0 Å². The van der Waals surface area contributed by atoms with Crippen molar-refractivity contribution in [2.75, 3.05) is 5.32 Å². The van der Waals surface area contributed by atoms with Gasteiger partial charge in [0.15, 0.2) is 0 Å². The normalized spacial score (nSPS) is 20.7. The van der Waals surface area contributed by atoms with E-state index in [9.17, 15) is 0 Å². The Labute approximate surface area is 157 Å². The van der Waals surface area contributed by atoms with Crippen molar-refractivity contribution < 1.29 is 4.74 Å². The second-order valence-corrected chi connectivity index (χ2v) is 7.74. The molecule has 1 aliphatic carbocycles. The number of anilines is 1. The fraction of sp³-hybridized carbons (Fsp3) is 0.333. The Balaban J connectivity index is 1.57. The average Bonchev–Trinajstić information content (AvgIpc) is 3.10. The van der Waals surface area contributed by atoms with Crippen LogP contribution in [0.15, 0.2) is 48.8 Å². The molecule has 1 aromatic carbocycles. The summed E-state index contributed by atoms with van der Waals surface area (Å²) in [5, 5.41) is 5.43. The first-order valence-corrected chi connectivity index (χ1v) is 9.55. The Morgan fingerprint density at radius 1 is 1.08 bits per heavy atom. The molecule has 0 amide bonds. The third-order valence-corrected chi connectivity index (χ3v) is 5.84. The molecular formula is C21H20ClN3O. The maximum atomic E-state index is 6.46. The van der Waals surface area contributed by atoms with Crippen molar-refractivity contribution in [2.24, 2.45) is 0 Å². The lowest BCUT2D eigenvalue weighted by atomic mass is 9.86. The number of benzene rings is 1. The molecule has 1 atom stereocenters. The summed E-state index contributed by atoms with van der Waals surface area (Å²) >= 11 is 6.28. The minimum Gasteiger partial charge on any atom is -0.487 e. The van der Waals surface area contributed by atoms with Gasteiger partial charge in [-0.25, -0.2) is 4.98 Å². The van der Waals surface area contributed by atoms with Crippen LogP contribution in [0.25, 0.3) is 10.9 Å². The second kappa shape index (κ2) is 6.13. The number of nitrogens with one attached hydrogen (secondary N) is 1. The first-order valence-electron chi connectivity index (χ1n) is 9.17. The molecule has 132 valence electrons. The van der Waals surface area contributed by atoms with Crippen LogP contribution in [0.1, 0.15) is 43.7 Å². The molecule has 1 fully saturated rings. The van der Waals surface area contributed by atoms with Gasteiger partial charge in [-0.3, -0.25) is 4.98 Å². The molecule has 0 bridgehead atoms. The third kappa shape index (κ3) is 2.69. The van der Waals surface area contributed by atoms with Crippen molar-refractivity contribution in [1.82, 2.24) is 9.97 Å². The maximum Gasteiger partial charge on any atom is 0.135 e. The van der Waals surface area contributed by atoms with E-state index < -0.39 is 0 Å². The molecule has 1 saturated carbocycles. The Hall–Kier alpha value is -2.33. The molecule has 0 saturated heterocycles. The lowest BCUT2D eigenvalue weighted by Crippen LogP contribution is -2.40. The molecule has 2 aliphatic rings. The highest BCUT2D eigenvalue weighted by molar-refractivity contribution is 6.30. The van der Waals surface area contributed by atoms with Crippen molar-refractivity contribution in [3.8, 4) is 5.75 Å². The van der Waals surface area contributed by atoms with Crippen molar-refractivity contribution >= 4 is 28.3 Å². The highest BCUT2D eigenvalue weighted by Crippen LogP contribution is 2.48. The number of nitrogens with zero attached hydrogens (tertiary/aromatic N) is 2. The summed E-state index contributed by atoms with van der Waals surface area (Å²) < 4.78 is 6.46. The fourth-order valence-corrected chi connectivity index (χ4v) is 4.56. The Kier molecular flexibility index (Phi) is 3.75. The van der Waals surface area contributed by atoms with Gasteiger partial charge in [0, 0.05) is 34.8 Å². The van der Waals surface area contributed by atoms with Crippen molar-refractivity contribution in [2.45, 2.75) is 43.7 Å². The van der Waals surface area contributed by atoms with Crippen LogP contribution in [-0.2, 0) is 0 Å². The first-order chi connectivity index (χ1) is 12.7. The summed E-state index contributed by atoms with van der Waals surface area (Å²) in [6.45, 7) is 0. The van der Waals surface area contributed by atoms with Gasteiger partial charge in [0.05, 0.1) is 11.6 Å². The molecule has 3 aromatic rings. The topological polar surface area (TPSA) is 47.0 Å². The van der Waals surface area contributed by atoms with E-state index in [0.29, 0.717) is 0 Å². The van der Waals surface area contributed by atoms with Crippen LogP contribution in [0, 0.1) is 0 Å². The quantitative estimate of drug-likeness (QED) is 0.648. The number of aromatic nitrogens is 2. The SMILES string of the molecule is Clc1ccc2c(c1)[C@@H](Nc1nccc3ncccc13)CC1(CCCC1)O2. The van der Waals surface area contributed by atoms with E-state index in [1.807, 2.05) is 36.5 Å². The van der Waals surface area contributed by atoms with Crippen LogP contribution in [0.4, 0.5) is 5.82 Å². The zero-order valence-corrected chi connectivity index (χ0v) is 15.2. The van der Waals surface area contributed by atoms with Crippen LogP contribution < -0.4 is 10.1 Å². The summed E-state index contributed by atoms with van der Waals surface area (Å²) in [6.07, 6.45) is 9.22. The van der Waals surface area contributed by atoms with Gasteiger partial charge in [-0.15, -0.1) is 0 Å². The van der Waals surface area contributed by atoms with E-state index in [2.05, 4.69) is 21.4 Å². The Morgan fingerprint density at radius 3 is 2.85 bits per heavy atom. The van der Waals surface area contributed by atoms with Gasteiger partial charge in [-0.2, -0.15) is 0 Å². The number of ether oxygens (including phenoxy) is 1. The van der Waals surface area contributed by atoms with Crippen LogP contribution in [-0.4, -0.2) is 15.6 Å². The predicted molar refractivity (Wildman–Crippen MR) is 104 cm³/mol. The Morgan fingerprint density at radius 2 is 1.96 bits per heavy atom. The van der Waals surface area contributed by atoms with Gasteiger partial charge in [-0.1, -0.05) is 11.6 Å². The maximum absolute atomic E-state index is 6.46.